The summed E-state index contributed by atoms with van der Waals surface area (Å²) >= 11 is 0. The quantitative estimate of drug-likeness (QED) is 0.574. The summed E-state index contributed by atoms with van der Waals surface area (Å²) in [7, 11) is -3.85. The molecule has 0 aromatic heterocycles. The van der Waals surface area contributed by atoms with Gasteiger partial charge in [-0.2, -0.15) is 0 Å². The molecule has 3 rings (SSSR count). The molecule has 172 valence electrons. The van der Waals surface area contributed by atoms with Crippen molar-refractivity contribution in [2.75, 3.05) is 5.32 Å². The van der Waals surface area contributed by atoms with E-state index in [0.29, 0.717) is 22.6 Å². The molecule has 0 aliphatic carbocycles. The summed E-state index contributed by atoms with van der Waals surface area (Å²) in [5.74, 6) is -0.519. The standard InChI is InChI=1S/C22H27N3O6S/c1-13-19(26)25-17-11-15(7-10-18(17)30-13)22(23,20(27)31-21(2,3)4)12-14-5-8-16(9-6-14)32(24,28)29/h5-11,13H,12,23H2,1-4H3,(H,25,26)(H2,24,28,29). The number of esters is 1. The molecule has 0 radical (unpaired) electrons. The van der Waals surface area contributed by atoms with Crippen molar-refractivity contribution in [3.05, 3.63) is 53.6 Å². The number of carbonyl (C=O) groups excluding carboxylic acids is 2. The van der Waals surface area contributed by atoms with Crippen LogP contribution in [0.1, 0.15) is 38.8 Å². The number of benzene rings is 2. The van der Waals surface area contributed by atoms with E-state index < -0.39 is 33.2 Å². The normalized spacial score (nSPS) is 18.1. The Labute approximate surface area is 187 Å². The Hall–Kier alpha value is -2.95. The van der Waals surface area contributed by atoms with Crippen molar-refractivity contribution in [1.29, 1.82) is 0 Å². The van der Waals surface area contributed by atoms with Gasteiger partial charge < -0.3 is 20.5 Å². The van der Waals surface area contributed by atoms with E-state index in [9.17, 15) is 18.0 Å². The van der Waals surface area contributed by atoms with Gasteiger partial charge in [-0.15, -0.1) is 0 Å². The van der Waals surface area contributed by atoms with Crippen LogP contribution in [0.25, 0.3) is 0 Å². The van der Waals surface area contributed by atoms with Crippen molar-refractivity contribution in [1.82, 2.24) is 0 Å². The first-order chi connectivity index (χ1) is 14.7. The minimum atomic E-state index is -3.85. The first kappa shape index (κ1) is 23.7. The Morgan fingerprint density at radius 3 is 2.34 bits per heavy atom. The number of hydrogen-bond acceptors (Lipinski definition) is 7. The van der Waals surface area contributed by atoms with Gasteiger partial charge in [-0.25, -0.2) is 18.4 Å². The van der Waals surface area contributed by atoms with E-state index >= 15 is 0 Å². The topological polar surface area (TPSA) is 151 Å². The van der Waals surface area contributed by atoms with Crippen LogP contribution in [0.5, 0.6) is 5.75 Å². The molecule has 9 nitrogen and oxygen atoms in total. The summed E-state index contributed by atoms with van der Waals surface area (Å²) in [6.07, 6.45) is -0.629. The minimum absolute atomic E-state index is 0.0107. The molecule has 0 saturated carbocycles. The molecule has 32 heavy (non-hydrogen) atoms. The van der Waals surface area contributed by atoms with Crippen molar-refractivity contribution >= 4 is 27.6 Å². The number of carbonyl (C=O) groups is 2. The Bertz CT molecular complexity index is 1160. The number of anilines is 1. The number of sulfonamides is 1. The van der Waals surface area contributed by atoms with E-state index in [2.05, 4.69) is 5.32 Å². The second kappa shape index (κ2) is 8.19. The van der Waals surface area contributed by atoms with Crippen LogP contribution in [-0.4, -0.2) is 32.0 Å². The molecule has 2 unspecified atom stereocenters. The molecule has 0 saturated heterocycles. The number of amides is 1. The summed E-state index contributed by atoms with van der Waals surface area (Å²) in [5, 5.41) is 7.90. The summed E-state index contributed by atoms with van der Waals surface area (Å²) in [5.41, 5.74) is 5.63. The zero-order chi connectivity index (χ0) is 23.9. The number of primary sulfonamides is 1. The number of nitrogens with one attached hydrogen (secondary N) is 1. The lowest BCUT2D eigenvalue weighted by Gasteiger charge is -2.33. The molecule has 0 bridgehead atoms. The highest BCUT2D eigenvalue weighted by atomic mass is 32.2. The third kappa shape index (κ3) is 5.09. The molecule has 0 fully saturated rings. The third-order valence-corrected chi connectivity index (χ3v) is 5.85. The average Bonchev–Trinajstić information content (AvgIpc) is 2.67. The van der Waals surface area contributed by atoms with Gasteiger partial charge in [-0.05, 0) is 63.1 Å². The number of hydrogen-bond donors (Lipinski definition) is 3. The van der Waals surface area contributed by atoms with E-state index in [-0.39, 0.29) is 17.2 Å². The van der Waals surface area contributed by atoms with Crippen LogP contribution in [0.15, 0.2) is 47.4 Å². The van der Waals surface area contributed by atoms with E-state index in [0.717, 1.165) is 0 Å². The van der Waals surface area contributed by atoms with Crippen molar-refractivity contribution in [2.45, 2.75) is 56.3 Å². The molecule has 5 N–H and O–H groups in total. The number of nitrogens with two attached hydrogens (primary N) is 2. The van der Waals surface area contributed by atoms with E-state index in [1.165, 1.54) is 24.3 Å². The van der Waals surface area contributed by atoms with Crippen molar-refractivity contribution in [2.24, 2.45) is 10.9 Å². The summed E-state index contributed by atoms with van der Waals surface area (Å²) in [6, 6.07) is 10.6. The molecular formula is C22H27N3O6S. The lowest BCUT2D eigenvalue weighted by molar-refractivity contribution is -0.162. The maximum atomic E-state index is 13.2. The summed E-state index contributed by atoms with van der Waals surface area (Å²) in [6.45, 7) is 6.82. The Morgan fingerprint density at radius 2 is 1.78 bits per heavy atom. The number of ether oxygens (including phenoxy) is 2. The fourth-order valence-electron chi connectivity index (χ4n) is 3.27. The summed E-state index contributed by atoms with van der Waals surface area (Å²) < 4.78 is 34.2. The average molecular weight is 462 g/mol. The van der Waals surface area contributed by atoms with E-state index in [1.807, 2.05) is 0 Å². The van der Waals surface area contributed by atoms with Crippen molar-refractivity contribution in [3.63, 3.8) is 0 Å². The van der Waals surface area contributed by atoms with Gasteiger partial charge in [0.05, 0.1) is 10.6 Å². The molecule has 1 amide bonds. The monoisotopic (exact) mass is 461 g/mol. The molecule has 2 aromatic carbocycles. The third-order valence-electron chi connectivity index (χ3n) is 4.92. The lowest BCUT2D eigenvalue weighted by atomic mass is 9.84. The summed E-state index contributed by atoms with van der Waals surface area (Å²) in [4.78, 5) is 25.2. The second-order valence-electron chi connectivity index (χ2n) is 8.80. The molecule has 1 aliphatic rings. The highest BCUT2D eigenvalue weighted by Gasteiger charge is 2.41. The minimum Gasteiger partial charge on any atom is -0.479 e. The SMILES string of the molecule is CC1Oc2ccc(C(N)(Cc3ccc(S(N)(=O)=O)cc3)C(=O)OC(C)(C)C)cc2NC1=O. The van der Waals surface area contributed by atoms with Gasteiger partial charge in [0.25, 0.3) is 5.91 Å². The zero-order valence-corrected chi connectivity index (χ0v) is 19.2. The van der Waals surface area contributed by atoms with Crippen molar-refractivity contribution in [3.8, 4) is 5.75 Å². The molecule has 2 aromatic rings. The van der Waals surface area contributed by atoms with E-state index in [1.54, 1.807) is 45.9 Å². The van der Waals surface area contributed by atoms with Crippen LogP contribution >= 0.6 is 0 Å². The van der Waals surface area contributed by atoms with Crippen LogP contribution < -0.4 is 20.9 Å². The van der Waals surface area contributed by atoms with Gasteiger partial charge in [0, 0.05) is 6.42 Å². The molecule has 2 atom stereocenters. The molecule has 0 spiro atoms. The maximum Gasteiger partial charge on any atom is 0.331 e. The van der Waals surface area contributed by atoms with Crippen LogP contribution in [0.3, 0.4) is 0 Å². The number of fused-ring (bicyclic) bond motifs is 1. The Balaban J connectivity index is 2.03. The fourth-order valence-corrected chi connectivity index (χ4v) is 3.78. The highest BCUT2D eigenvalue weighted by molar-refractivity contribution is 7.89. The lowest BCUT2D eigenvalue weighted by Crippen LogP contribution is -2.50. The van der Waals surface area contributed by atoms with Gasteiger partial charge in [0.1, 0.15) is 16.9 Å². The van der Waals surface area contributed by atoms with Crippen LogP contribution in [0, 0.1) is 0 Å². The zero-order valence-electron chi connectivity index (χ0n) is 18.3. The first-order valence-corrected chi connectivity index (χ1v) is 11.5. The Morgan fingerprint density at radius 1 is 1.16 bits per heavy atom. The van der Waals surface area contributed by atoms with Crippen LogP contribution in [0.4, 0.5) is 5.69 Å². The highest BCUT2D eigenvalue weighted by Crippen LogP contribution is 2.35. The van der Waals surface area contributed by atoms with Crippen LogP contribution in [-0.2, 0) is 36.3 Å². The first-order valence-electron chi connectivity index (χ1n) is 9.95. The predicted molar refractivity (Wildman–Crippen MR) is 118 cm³/mol. The van der Waals surface area contributed by atoms with Gasteiger partial charge in [0.15, 0.2) is 6.10 Å². The molecular weight excluding hydrogens is 434 g/mol. The van der Waals surface area contributed by atoms with Crippen molar-refractivity contribution < 1.29 is 27.5 Å². The van der Waals surface area contributed by atoms with E-state index in [4.69, 9.17) is 20.3 Å². The molecule has 10 heteroatoms. The van der Waals surface area contributed by atoms with Gasteiger partial charge >= 0.3 is 5.97 Å². The largest absolute Gasteiger partial charge is 0.479 e. The molecule has 1 heterocycles. The Kier molecular flexibility index (Phi) is 6.07. The van der Waals surface area contributed by atoms with Gasteiger partial charge in [0.2, 0.25) is 10.0 Å². The van der Waals surface area contributed by atoms with Crippen LogP contribution in [0.2, 0.25) is 0 Å². The smallest absolute Gasteiger partial charge is 0.331 e. The maximum absolute atomic E-state index is 13.2. The predicted octanol–water partition coefficient (Wildman–Crippen LogP) is 1.79. The molecule has 1 aliphatic heterocycles. The van der Waals surface area contributed by atoms with Gasteiger partial charge in [-0.3, -0.25) is 4.79 Å². The number of rotatable bonds is 5. The fraction of sp³-hybridized carbons (Fsp3) is 0.364. The second-order valence-corrected chi connectivity index (χ2v) is 10.4. The van der Waals surface area contributed by atoms with Gasteiger partial charge in [-0.1, -0.05) is 18.2 Å².